The van der Waals surface area contributed by atoms with Crippen molar-refractivity contribution in [3.05, 3.63) is 71.5 Å². The normalized spacial score (nSPS) is 21.5. The monoisotopic (exact) mass is 427 g/mol. The highest BCUT2D eigenvalue weighted by molar-refractivity contribution is 5.85. The smallest absolute Gasteiger partial charge is 0.410 e. The average molecular weight is 428 g/mol. The molecule has 6 heteroatoms. The quantitative estimate of drug-likeness (QED) is 0.613. The number of nitrogens with zero attached hydrogens (tertiary/aromatic N) is 1. The van der Waals surface area contributed by atoms with Crippen LogP contribution in [-0.4, -0.2) is 35.7 Å². The highest BCUT2D eigenvalue weighted by Crippen LogP contribution is 2.44. The number of rotatable bonds is 4. The van der Waals surface area contributed by atoms with Crippen LogP contribution in [0.3, 0.4) is 0 Å². The van der Waals surface area contributed by atoms with Crippen molar-refractivity contribution in [2.75, 3.05) is 13.2 Å². The summed E-state index contributed by atoms with van der Waals surface area (Å²) in [5.41, 5.74) is -0.822. The Kier molecular flexibility index (Phi) is 6.68. The number of amides is 1. The highest BCUT2D eigenvalue weighted by Gasteiger charge is 2.51. The van der Waals surface area contributed by atoms with Crippen LogP contribution in [-0.2, 0) is 19.7 Å². The van der Waals surface area contributed by atoms with E-state index in [2.05, 4.69) is 0 Å². The van der Waals surface area contributed by atoms with Crippen LogP contribution in [0.25, 0.3) is 0 Å². The lowest BCUT2D eigenvalue weighted by atomic mass is 9.71. The summed E-state index contributed by atoms with van der Waals surface area (Å²) in [5.74, 6) is -1.02. The molecule has 1 amide bonds. The zero-order chi connectivity index (χ0) is 22.6. The molecule has 0 bridgehead atoms. The lowest BCUT2D eigenvalue weighted by Crippen LogP contribution is -2.55. The molecule has 0 unspecified atom stereocenters. The van der Waals surface area contributed by atoms with Crippen molar-refractivity contribution in [3.63, 3.8) is 0 Å². The molecule has 2 atom stereocenters. The predicted molar refractivity (Wildman–Crippen MR) is 116 cm³/mol. The number of hydrogen-bond donors (Lipinski definition) is 0. The molecule has 1 aliphatic rings. The second kappa shape index (κ2) is 9.08. The molecule has 31 heavy (non-hydrogen) atoms. The molecule has 0 aromatic heterocycles. The van der Waals surface area contributed by atoms with Gasteiger partial charge in [0.15, 0.2) is 0 Å². The third kappa shape index (κ3) is 4.89. The Morgan fingerprint density at radius 3 is 2.35 bits per heavy atom. The second-order valence-electron chi connectivity index (χ2n) is 8.86. The van der Waals surface area contributed by atoms with Crippen molar-refractivity contribution in [1.82, 2.24) is 4.90 Å². The first-order valence-electron chi connectivity index (χ1n) is 10.6. The number of likely N-dealkylation sites (tertiary alicyclic amines) is 1. The van der Waals surface area contributed by atoms with E-state index >= 15 is 0 Å². The molecule has 1 saturated heterocycles. The van der Waals surface area contributed by atoms with Crippen LogP contribution in [0.2, 0.25) is 0 Å². The van der Waals surface area contributed by atoms with Gasteiger partial charge >= 0.3 is 12.1 Å². The first-order chi connectivity index (χ1) is 14.7. The van der Waals surface area contributed by atoms with Gasteiger partial charge in [-0.15, -0.1) is 0 Å². The number of benzene rings is 2. The van der Waals surface area contributed by atoms with Gasteiger partial charge in [0.2, 0.25) is 0 Å². The van der Waals surface area contributed by atoms with E-state index in [1.807, 2.05) is 30.3 Å². The summed E-state index contributed by atoms with van der Waals surface area (Å²) >= 11 is 0. The molecular weight excluding hydrogens is 397 g/mol. The number of esters is 1. The van der Waals surface area contributed by atoms with E-state index < -0.39 is 28.9 Å². The molecule has 2 aromatic carbocycles. The standard InChI is InChI=1S/C25H30FNO4/c1-5-30-22(28)25(19-13-9-10-14-20(19)26)16-15-21(18-11-7-6-8-12-18)27(17-25)23(29)31-24(2,3)4/h6-14,21H,5,15-17H2,1-4H3/t21-,25-/m1/s1. The first kappa shape index (κ1) is 22.8. The number of carbonyl (C=O) groups excluding carboxylic acids is 2. The molecule has 166 valence electrons. The molecule has 1 aliphatic heterocycles. The zero-order valence-corrected chi connectivity index (χ0v) is 18.6. The van der Waals surface area contributed by atoms with E-state index in [4.69, 9.17) is 9.47 Å². The average Bonchev–Trinajstić information content (AvgIpc) is 2.73. The van der Waals surface area contributed by atoms with E-state index in [9.17, 15) is 14.0 Å². The van der Waals surface area contributed by atoms with Crippen molar-refractivity contribution >= 4 is 12.1 Å². The Balaban J connectivity index is 2.08. The summed E-state index contributed by atoms with van der Waals surface area (Å²) in [6.45, 7) is 7.24. The number of piperidine rings is 1. The Morgan fingerprint density at radius 2 is 1.74 bits per heavy atom. The summed E-state index contributed by atoms with van der Waals surface area (Å²) in [6.07, 6.45) is 0.285. The first-order valence-corrected chi connectivity index (χ1v) is 10.6. The summed E-state index contributed by atoms with van der Waals surface area (Å²) < 4.78 is 25.9. The molecule has 0 saturated carbocycles. The van der Waals surface area contributed by atoms with Crippen LogP contribution in [0.15, 0.2) is 54.6 Å². The largest absolute Gasteiger partial charge is 0.465 e. The van der Waals surface area contributed by atoms with Gasteiger partial charge in [-0.1, -0.05) is 48.5 Å². The fraction of sp³-hybridized carbons (Fsp3) is 0.440. The maximum absolute atomic E-state index is 14.9. The second-order valence-corrected chi connectivity index (χ2v) is 8.86. The third-order valence-corrected chi connectivity index (χ3v) is 5.53. The van der Waals surface area contributed by atoms with Gasteiger partial charge in [0.05, 0.1) is 12.6 Å². The van der Waals surface area contributed by atoms with Gasteiger partial charge in [-0.25, -0.2) is 9.18 Å². The Hall–Kier alpha value is -2.89. The van der Waals surface area contributed by atoms with Gasteiger partial charge in [-0.3, -0.25) is 9.69 Å². The van der Waals surface area contributed by atoms with Crippen molar-refractivity contribution in [1.29, 1.82) is 0 Å². The van der Waals surface area contributed by atoms with E-state index in [-0.39, 0.29) is 24.8 Å². The Labute approximate surface area is 183 Å². The fourth-order valence-corrected chi connectivity index (χ4v) is 4.17. The minimum Gasteiger partial charge on any atom is -0.465 e. The van der Waals surface area contributed by atoms with Gasteiger partial charge < -0.3 is 9.47 Å². The third-order valence-electron chi connectivity index (χ3n) is 5.53. The molecule has 1 fully saturated rings. The molecule has 0 radical (unpaired) electrons. The summed E-state index contributed by atoms with van der Waals surface area (Å²) in [4.78, 5) is 28.0. The van der Waals surface area contributed by atoms with Crippen LogP contribution >= 0.6 is 0 Å². The molecule has 0 aliphatic carbocycles. The van der Waals surface area contributed by atoms with E-state index in [1.165, 1.54) is 6.07 Å². The van der Waals surface area contributed by atoms with Crippen molar-refractivity contribution in [2.45, 2.75) is 57.6 Å². The summed E-state index contributed by atoms with van der Waals surface area (Å²) in [6, 6.07) is 15.5. The zero-order valence-electron chi connectivity index (χ0n) is 18.6. The van der Waals surface area contributed by atoms with Crippen LogP contribution in [0.4, 0.5) is 9.18 Å². The predicted octanol–water partition coefficient (Wildman–Crippen LogP) is 5.40. The molecule has 5 nitrogen and oxygen atoms in total. The van der Waals surface area contributed by atoms with E-state index in [0.29, 0.717) is 12.8 Å². The van der Waals surface area contributed by atoms with Crippen molar-refractivity contribution in [2.24, 2.45) is 0 Å². The maximum Gasteiger partial charge on any atom is 0.410 e. The van der Waals surface area contributed by atoms with Gasteiger partial charge in [0, 0.05) is 12.1 Å². The van der Waals surface area contributed by atoms with E-state index in [1.54, 1.807) is 50.8 Å². The van der Waals surface area contributed by atoms with Crippen molar-refractivity contribution in [3.8, 4) is 0 Å². The molecule has 0 N–H and O–H groups in total. The van der Waals surface area contributed by atoms with Crippen LogP contribution < -0.4 is 0 Å². The lowest BCUT2D eigenvalue weighted by molar-refractivity contribution is -0.153. The topological polar surface area (TPSA) is 55.8 Å². The summed E-state index contributed by atoms with van der Waals surface area (Å²) in [7, 11) is 0. The summed E-state index contributed by atoms with van der Waals surface area (Å²) in [5, 5.41) is 0. The van der Waals surface area contributed by atoms with Crippen LogP contribution in [0.1, 0.15) is 57.7 Å². The minimum absolute atomic E-state index is 0.0265. The van der Waals surface area contributed by atoms with Crippen LogP contribution in [0, 0.1) is 5.82 Å². The van der Waals surface area contributed by atoms with Gasteiger partial charge in [-0.05, 0) is 52.2 Å². The van der Waals surface area contributed by atoms with Gasteiger partial charge in [-0.2, -0.15) is 0 Å². The number of carbonyl (C=O) groups is 2. The highest BCUT2D eigenvalue weighted by atomic mass is 19.1. The minimum atomic E-state index is -1.30. The van der Waals surface area contributed by atoms with Gasteiger partial charge in [0.25, 0.3) is 0 Å². The Morgan fingerprint density at radius 1 is 1.10 bits per heavy atom. The van der Waals surface area contributed by atoms with Crippen LogP contribution in [0.5, 0.6) is 0 Å². The molecule has 1 heterocycles. The Bertz CT molecular complexity index is 925. The van der Waals surface area contributed by atoms with Gasteiger partial charge in [0.1, 0.15) is 16.8 Å². The maximum atomic E-state index is 14.9. The molecule has 0 spiro atoms. The molecule has 2 aromatic rings. The molecule has 3 rings (SSSR count). The number of ether oxygens (including phenoxy) is 2. The fourth-order valence-electron chi connectivity index (χ4n) is 4.17. The lowest BCUT2D eigenvalue weighted by Gasteiger charge is -2.45. The number of halogens is 1. The SMILES string of the molecule is CCOC(=O)[C@]1(c2ccccc2F)CC[C@H](c2ccccc2)N(C(=O)OC(C)(C)C)C1. The van der Waals surface area contributed by atoms with E-state index in [0.717, 1.165) is 5.56 Å². The van der Waals surface area contributed by atoms with Crippen molar-refractivity contribution < 1.29 is 23.5 Å². The molecular formula is C25H30FNO4. The number of hydrogen-bond acceptors (Lipinski definition) is 4.